The molecule has 0 atom stereocenters. The van der Waals surface area contributed by atoms with E-state index in [0.717, 1.165) is 61.1 Å². The summed E-state index contributed by atoms with van der Waals surface area (Å²) in [5.41, 5.74) is 14.0. The molecule has 11 rings (SSSR count). The fourth-order valence-electron chi connectivity index (χ4n) is 8.99. The highest BCUT2D eigenvalue weighted by molar-refractivity contribution is 6.19. The van der Waals surface area contributed by atoms with Crippen LogP contribution >= 0.6 is 0 Å². The van der Waals surface area contributed by atoms with Crippen molar-refractivity contribution in [3.05, 3.63) is 222 Å². The number of nitrogens with zero attached hydrogens (tertiary/aromatic N) is 3. The third kappa shape index (κ3) is 4.73. The lowest BCUT2D eigenvalue weighted by Crippen LogP contribution is -2.28. The highest BCUT2D eigenvalue weighted by Crippen LogP contribution is 2.58. The zero-order valence-electron chi connectivity index (χ0n) is 29.9. The first-order valence-electron chi connectivity index (χ1n) is 18.8. The minimum Gasteiger partial charge on any atom is -0.247 e. The van der Waals surface area contributed by atoms with Gasteiger partial charge in [-0.3, -0.25) is 0 Å². The van der Waals surface area contributed by atoms with Crippen molar-refractivity contribution in [3.63, 3.8) is 0 Å². The Balaban J connectivity index is 1.15. The molecule has 0 saturated carbocycles. The Labute approximate surface area is 319 Å². The molecular formula is C52H33N3. The maximum atomic E-state index is 5.39. The Morgan fingerprint density at radius 3 is 1.53 bits per heavy atom. The van der Waals surface area contributed by atoms with Crippen molar-refractivity contribution >= 4 is 32.6 Å². The van der Waals surface area contributed by atoms with E-state index in [9.17, 15) is 0 Å². The topological polar surface area (TPSA) is 38.7 Å². The molecule has 0 bridgehead atoms. The molecule has 3 nitrogen and oxygen atoms in total. The van der Waals surface area contributed by atoms with Crippen molar-refractivity contribution in [3.8, 4) is 45.0 Å². The van der Waals surface area contributed by atoms with Crippen LogP contribution in [0.5, 0.6) is 0 Å². The number of para-hydroxylation sites is 2. The highest BCUT2D eigenvalue weighted by atomic mass is 14.9. The van der Waals surface area contributed by atoms with Crippen LogP contribution in [0.3, 0.4) is 0 Å². The van der Waals surface area contributed by atoms with Crippen LogP contribution in [0.2, 0.25) is 0 Å². The molecule has 1 aliphatic carbocycles. The number of rotatable bonds is 5. The molecule has 2 aromatic heterocycles. The van der Waals surface area contributed by atoms with Gasteiger partial charge in [0, 0.05) is 38.2 Å². The average Bonchev–Trinajstić information content (AvgIpc) is 3.58. The van der Waals surface area contributed by atoms with Crippen molar-refractivity contribution < 1.29 is 0 Å². The van der Waals surface area contributed by atoms with Gasteiger partial charge in [-0.25, -0.2) is 15.0 Å². The molecule has 0 unspecified atom stereocenters. The highest BCUT2D eigenvalue weighted by Gasteiger charge is 2.46. The van der Waals surface area contributed by atoms with E-state index in [1.807, 2.05) is 24.3 Å². The number of aromatic nitrogens is 3. The Morgan fingerprint density at radius 1 is 0.327 bits per heavy atom. The standard InChI is InChI=1S/C52H33N3/c1-4-16-36(17-5-1)51-54-46-27-15-12-24-41(46)49(55-51)34-28-30-35(31-29-34)50-42-32-33-44-48(47(42)40-23-11-14-26-45(40)53-50)39-22-10-13-25-43(39)52(44,37-18-6-2-7-19-37)38-20-8-3-9-21-38/h1-33H. The average molecular weight is 700 g/mol. The van der Waals surface area contributed by atoms with Crippen molar-refractivity contribution in [1.29, 1.82) is 0 Å². The number of fused-ring (bicyclic) bond motifs is 8. The van der Waals surface area contributed by atoms with E-state index in [-0.39, 0.29) is 0 Å². The fourth-order valence-corrected chi connectivity index (χ4v) is 8.99. The van der Waals surface area contributed by atoms with Gasteiger partial charge in [0.05, 0.1) is 27.8 Å². The molecule has 256 valence electrons. The third-order valence-electron chi connectivity index (χ3n) is 11.4. The molecule has 0 spiro atoms. The zero-order valence-corrected chi connectivity index (χ0v) is 29.9. The second-order valence-electron chi connectivity index (χ2n) is 14.3. The second kappa shape index (κ2) is 12.4. The number of benzene rings is 8. The van der Waals surface area contributed by atoms with Gasteiger partial charge in [-0.05, 0) is 45.5 Å². The third-order valence-corrected chi connectivity index (χ3v) is 11.4. The van der Waals surface area contributed by atoms with Crippen LogP contribution < -0.4 is 0 Å². The first kappa shape index (κ1) is 31.3. The predicted molar refractivity (Wildman–Crippen MR) is 226 cm³/mol. The van der Waals surface area contributed by atoms with Crippen LogP contribution in [0.1, 0.15) is 22.3 Å². The number of hydrogen-bond donors (Lipinski definition) is 0. The van der Waals surface area contributed by atoms with Crippen LogP contribution in [0.25, 0.3) is 77.6 Å². The van der Waals surface area contributed by atoms with E-state index >= 15 is 0 Å². The number of pyridine rings is 1. The summed E-state index contributed by atoms with van der Waals surface area (Å²) < 4.78 is 0. The maximum Gasteiger partial charge on any atom is 0.160 e. The van der Waals surface area contributed by atoms with Crippen molar-refractivity contribution in [2.24, 2.45) is 0 Å². The van der Waals surface area contributed by atoms with E-state index in [1.165, 1.54) is 38.8 Å². The molecule has 0 amide bonds. The van der Waals surface area contributed by atoms with E-state index in [4.69, 9.17) is 15.0 Å². The first-order valence-corrected chi connectivity index (χ1v) is 18.8. The van der Waals surface area contributed by atoms with Gasteiger partial charge in [0.1, 0.15) is 0 Å². The lowest BCUT2D eigenvalue weighted by Gasteiger charge is -2.34. The minimum atomic E-state index is -0.478. The smallest absolute Gasteiger partial charge is 0.160 e. The Hall–Kier alpha value is -7.23. The van der Waals surface area contributed by atoms with Crippen molar-refractivity contribution in [2.75, 3.05) is 0 Å². The van der Waals surface area contributed by atoms with E-state index in [0.29, 0.717) is 0 Å². The molecule has 55 heavy (non-hydrogen) atoms. The summed E-state index contributed by atoms with van der Waals surface area (Å²) in [5, 5.41) is 4.55. The largest absolute Gasteiger partial charge is 0.247 e. The summed E-state index contributed by atoms with van der Waals surface area (Å²) in [6.45, 7) is 0. The van der Waals surface area contributed by atoms with Crippen LogP contribution in [-0.2, 0) is 5.41 Å². The summed E-state index contributed by atoms with van der Waals surface area (Å²) in [6.07, 6.45) is 0. The van der Waals surface area contributed by atoms with Gasteiger partial charge >= 0.3 is 0 Å². The molecule has 0 radical (unpaired) electrons. The molecular weight excluding hydrogens is 667 g/mol. The Bertz CT molecular complexity index is 3030. The van der Waals surface area contributed by atoms with Crippen molar-refractivity contribution in [2.45, 2.75) is 5.41 Å². The van der Waals surface area contributed by atoms with E-state index < -0.39 is 5.41 Å². The molecule has 10 aromatic rings. The molecule has 1 aliphatic rings. The van der Waals surface area contributed by atoms with Gasteiger partial charge in [0.15, 0.2) is 5.82 Å². The summed E-state index contributed by atoms with van der Waals surface area (Å²) in [7, 11) is 0. The van der Waals surface area contributed by atoms with Crippen LogP contribution in [0, 0.1) is 0 Å². The molecule has 2 heterocycles. The Kier molecular flexibility index (Phi) is 7.08. The molecule has 8 aromatic carbocycles. The lowest BCUT2D eigenvalue weighted by atomic mass is 9.67. The van der Waals surface area contributed by atoms with Gasteiger partial charge in [-0.15, -0.1) is 0 Å². The molecule has 0 fully saturated rings. The van der Waals surface area contributed by atoms with Crippen LogP contribution in [0.4, 0.5) is 0 Å². The van der Waals surface area contributed by atoms with Crippen LogP contribution in [0.15, 0.2) is 200 Å². The molecule has 0 aliphatic heterocycles. The van der Waals surface area contributed by atoms with E-state index in [2.05, 4.69) is 176 Å². The summed E-state index contributed by atoms with van der Waals surface area (Å²) in [5.74, 6) is 0.719. The number of hydrogen-bond acceptors (Lipinski definition) is 3. The normalized spacial score (nSPS) is 12.9. The second-order valence-corrected chi connectivity index (χ2v) is 14.3. The predicted octanol–water partition coefficient (Wildman–Crippen LogP) is 12.7. The SMILES string of the molecule is c1ccc(-c2nc(-c3ccc(-c4nc5ccccc5c5c6c(ccc45)C(c4ccccc4)(c4ccccc4)c4ccccc4-6)cc3)c3ccccc3n2)cc1. The van der Waals surface area contributed by atoms with Crippen LogP contribution in [-0.4, -0.2) is 15.0 Å². The van der Waals surface area contributed by atoms with Gasteiger partial charge in [0.25, 0.3) is 0 Å². The zero-order chi connectivity index (χ0) is 36.3. The monoisotopic (exact) mass is 699 g/mol. The van der Waals surface area contributed by atoms with E-state index in [1.54, 1.807) is 0 Å². The summed E-state index contributed by atoms with van der Waals surface area (Å²) >= 11 is 0. The maximum absolute atomic E-state index is 5.39. The summed E-state index contributed by atoms with van der Waals surface area (Å²) in [4.78, 5) is 15.5. The Morgan fingerprint density at radius 2 is 0.855 bits per heavy atom. The first-order chi connectivity index (χ1) is 27.3. The fraction of sp³-hybridized carbons (Fsp3) is 0.0192. The lowest BCUT2D eigenvalue weighted by molar-refractivity contribution is 0.769. The van der Waals surface area contributed by atoms with Gasteiger partial charge in [-0.2, -0.15) is 0 Å². The molecule has 0 N–H and O–H groups in total. The van der Waals surface area contributed by atoms with Crippen molar-refractivity contribution in [1.82, 2.24) is 15.0 Å². The minimum absolute atomic E-state index is 0.478. The van der Waals surface area contributed by atoms with Gasteiger partial charge < -0.3 is 0 Å². The molecule has 3 heteroatoms. The molecule has 0 saturated heterocycles. The van der Waals surface area contributed by atoms with Gasteiger partial charge in [-0.1, -0.05) is 188 Å². The quantitative estimate of drug-likeness (QED) is 0.168. The summed E-state index contributed by atoms with van der Waals surface area (Å²) in [6, 6.07) is 71.5. The van der Waals surface area contributed by atoms with Gasteiger partial charge in [0.2, 0.25) is 0 Å².